The van der Waals surface area contributed by atoms with Crippen LogP contribution in [0.3, 0.4) is 0 Å². The molecule has 0 aromatic heterocycles. The van der Waals surface area contributed by atoms with E-state index in [2.05, 4.69) is 22.0 Å². The van der Waals surface area contributed by atoms with Gasteiger partial charge in [-0.25, -0.2) is 4.79 Å². The second-order valence-electron chi connectivity index (χ2n) is 6.04. The summed E-state index contributed by atoms with van der Waals surface area (Å²) in [6, 6.07) is 7.50. The molecule has 0 aliphatic heterocycles. The molecule has 0 unspecified atom stereocenters. The molecule has 0 saturated heterocycles. The van der Waals surface area contributed by atoms with Crippen molar-refractivity contribution in [3.05, 3.63) is 30.3 Å². The molecular formula is C17H26N5O3. The highest BCUT2D eigenvalue weighted by Crippen LogP contribution is 2.08. The zero-order chi connectivity index (χ0) is 18.8. The van der Waals surface area contributed by atoms with E-state index >= 15 is 0 Å². The van der Waals surface area contributed by atoms with Gasteiger partial charge in [-0.1, -0.05) is 26.0 Å². The Balaban J connectivity index is 2.70. The summed E-state index contributed by atoms with van der Waals surface area (Å²) in [4.78, 5) is 35.4. The van der Waals surface area contributed by atoms with Crippen molar-refractivity contribution >= 4 is 23.5 Å². The third-order valence-electron chi connectivity index (χ3n) is 3.61. The van der Waals surface area contributed by atoms with Crippen molar-refractivity contribution < 1.29 is 14.4 Å². The highest BCUT2D eigenvalue weighted by Gasteiger charge is 2.25. The Labute approximate surface area is 147 Å². The monoisotopic (exact) mass is 348 g/mol. The predicted octanol–water partition coefficient (Wildman–Crippen LogP) is 0.342. The van der Waals surface area contributed by atoms with Gasteiger partial charge in [-0.2, -0.15) is 0 Å². The van der Waals surface area contributed by atoms with Crippen molar-refractivity contribution in [2.45, 2.75) is 38.8 Å². The van der Waals surface area contributed by atoms with Gasteiger partial charge in [-0.3, -0.25) is 9.59 Å². The lowest BCUT2D eigenvalue weighted by molar-refractivity contribution is -0.128. The number of urea groups is 1. The summed E-state index contributed by atoms with van der Waals surface area (Å²) in [6.45, 7) is 3.97. The summed E-state index contributed by atoms with van der Waals surface area (Å²) in [5, 5.41) is 7.87. The number of carbonyl (C=O) groups is 3. The molecule has 7 N–H and O–H groups in total. The highest BCUT2D eigenvalue weighted by atomic mass is 16.2. The third kappa shape index (κ3) is 7.67. The number of primary amides is 1. The van der Waals surface area contributed by atoms with Crippen molar-refractivity contribution in [2.24, 2.45) is 17.4 Å². The molecule has 0 heterocycles. The van der Waals surface area contributed by atoms with Crippen LogP contribution in [0.4, 0.5) is 10.5 Å². The lowest BCUT2D eigenvalue weighted by Crippen LogP contribution is -2.51. The van der Waals surface area contributed by atoms with Crippen molar-refractivity contribution in [1.82, 2.24) is 10.6 Å². The fourth-order valence-corrected chi connectivity index (χ4v) is 2.06. The number of amides is 4. The molecule has 1 aromatic carbocycles. The second kappa shape index (κ2) is 10.3. The summed E-state index contributed by atoms with van der Waals surface area (Å²) >= 11 is 0. The van der Waals surface area contributed by atoms with E-state index in [1.54, 1.807) is 24.3 Å². The van der Waals surface area contributed by atoms with E-state index in [9.17, 15) is 14.4 Å². The van der Waals surface area contributed by atoms with E-state index in [0.717, 1.165) is 0 Å². The van der Waals surface area contributed by atoms with Crippen molar-refractivity contribution in [2.75, 3.05) is 11.9 Å². The molecule has 0 aliphatic carbocycles. The average Bonchev–Trinajstić information content (AvgIpc) is 2.57. The van der Waals surface area contributed by atoms with E-state index in [1.807, 2.05) is 13.8 Å². The quantitative estimate of drug-likeness (QED) is 0.411. The summed E-state index contributed by atoms with van der Waals surface area (Å²) in [5.41, 5.74) is 11.4. The number of hydrogen-bond donors (Lipinski definition) is 5. The summed E-state index contributed by atoms with van der Waals surface area (Å²) in [6.07, 6.45) is 0.808. The number of nitrogens with one attached hydrogen (secondary N) is 3. The third-order valence-corrected chi connectivity index (χ3v) is 3.61. The van der Waals surface area contributed by atoms with Gasteiger partial charge in [0.25, 0.3) is 0 Å². The van der Waals surface area contributed by atoms with E-state index in [1.165, 1.54) is 0 Å². The largest absolute Gasteiger partial charge is 0.352 e. The van der Waals surface area contributed by atoms with Crippen LogP contribution in [0, 0.1) is 12.0 Å². The minimum Gasteiger partial charge on any atom is -0.352 e. The van der Waals surface area contributed by atoms with Crippen molar-refractivity contribution in [3.63, 3.8) is 0 Å². The van der Waals surface area contributed by atoms with Crippen LogP contribution in [0.25, 0.3) is 0 Å². The molecule has 8 heteroatoms. The van der Waals surface area contributed by atoms with Gasteiger partial charge in [0.15, 0.2) is 0 Å². The van der Waals surface area contributed by atoms with Gasteiger partial charge in [0.05, 0.1) is 6.04 Å². The van der Waals surface area contributed by atoms with Crippen LogP contribution in [0.5, 0.6) is 0 Å². The smallest absolute Gasteiger partial charge is 0.312 e. The van der Waals surface area contributed by atoms with Crippen LogP contribution >= 0.6 is 0 Å². The lowest BCUT2D eigenvalue weighted by Gasteiger charge is -2.22. The molecule has 1 aromatic rings. The van der Waals surface area contributed by atoms with E-state index in [4.69, 9.17) is 11.5 Å². The number of benzene rings is 1. The molecule has 1 rings (SSSR count). The number of rotatable bonds is 9. The first-order valence-corrected chi connectivity index (χ1v) is 8.17. The molecular weight excluding hydrogens is 322 g/mol. The molecule has 137 valence electrons. The Hall–Kier alpha value is -2.61. The summed E-state index contributed by atoms with van der Waals surface area (Å²) in [5.74, 6) is -0.793. The maximum atomic E-state index is 12.5. The summed E-state index contributed by atoms with van der Waals surface area (Å²) < 4.78 is 0. The molecule has 2 atom stereocenters. The van der Waals surface area contributed by atoms with Crippen LogP contribution in [0.2, 0.25) is 0 Å². The first kappa shape index (κ1) is 20.4. The average molecular weight is 348 g/mol. The fraction of sp³-hybridized carbons (Fsp3) is 0.471. The van der Waals surface area contributed by atoms with Gasteiger partial charge >= 0.3 is 6.03 Å². The van der Waals surface area contributed by atoms with E-state index < -0.39 is 18.1 Å². The number of nitrogens with two attached hydrogens (primary N) is 2. The van der Waals surface area contributed by atoms with Crippen LogP contribution < -0.4 is 27.4 Å². The van der Waals surface area contributed by atoms with Gasteiger partial charge in [0, 0.05) is 12.2 Å². The molecule has 0 saturated carbocycles. The maximum Gasteiger partial charge on any atom is 0.312 e. The van der Waals surface area contributed by atoms with E-state index in [0.29, 0.717) is 25.1 Å². The molecule has 0 bridgehead atoms. The van der Waals surface area contributed by atoms with Crippen LogP contribution in [-0.4, -0.2) is 36.5 Å². The Bertz CT molecular complexity index is 577. The first-order valence-electron chi connectivity index (χ1n) is 8.17. The maximum absolute atomic E-state index is 12.5. The zero-order valence-electron chi connectivity index (χ0n) is 14.5. The standard InChI is InChI=1S/C17H26N5O3/c1-11(2)14(18)16(24)22-13(9-6-10-20-17(19)25)15(23)21-12-7-4-3-5-8-12/h4-5,7-8,11,13-14H,6,9-10,18H2,1-2H3,(H,21,23)(H,22,24)(H3,19,20,25)/t13-,14-/m0/s1. The highest BCUT2D eigenvalue weighted by molar-refractivity contribution is 5.97. The van der Waals surface area contributed by atoms with Crippen LogP contribution in [0.15, 0.2) is 24.3 Å². The van der Waals surface area contributed by atoms with Gasteiger partial charge < -0.3 is 27.4 Å². The summed E-state index contributed by atoms with van der Waals surface area (Å²) in [7, 11) is 0. The van der Waals surface area contributed by atoms with Crippen molar-refractivity contribution in [3.8, 4) is 0 Å². The Morgan fingerprint density at radius 3 is 2.36 bits per heavy atom. The van der Waals surface area contributed by atoms with Gasteiger partial charge in [0.2, 0.25) is 11.8 Å². The lowest BCUT2D eigenvalue weighted by atomic mass is 10.0. The number of carbonyl (C=O) groups excluding carboxylic acids is 3. The molecule has 8 nitrogen and oxygen atoms in total. The molecule has 0 fully saturated rings. The predicted molar refractivity (Wildman–Crippen MR) is 95.5 cm³/mol. The Morgan fingerprint density at radius 2 is 1.80 bits per heavy atom. The minimum absolute atomic E-state index is 0.0510. The van der Waals surface area contributed by atoms with Gasteiger partial charge in [-0.05, 0) is 37.0 Å². The molecule has 25 heavy (non-hydrogen) atoms. The van der Waals surface area contributed by atoms with E-state index in [-0.39, 0.29) is 17.7 Å². The number of hydrogen-bond acceptors (Lipinski definition) is 4. The minimum atomic E-state index is -0.767. The topological polar surface area (TPSA) is 139 Å². The van der Waals surface area contributed by atoms with Crippen molar-refractivity contribution in [1.29, 1.82) is 0 Å². The molecule has 1 radical (unpaired) electrons. The second-order valence-corrected chi connectivity index (χ2v) is 6.04. The molecule has 0 spiro atoms. The normalized spacial score (nSPS) is 13.0. The van der Waals surface area contributed by atoms with Gasteiger partial charge in [-0.15, -0.1) is 0 Å². The zero-order valence-corrected chi connectivity index (χ0v) is 14.5. The molecule has 0 aliphatic rings. The molecule has 4 amide bonds. The van der Waals surface area contributed by atoms with Gasteiger partial charge in [0.1, 0.15) is 6.04 Å². The van der Waals surface area contributed by atoms with Crippen LogP contribution in [0.1, 0.15) is 26.7 Å². The SMILES string of the molecule is CC(C)[C@H](N)C(=O)N[C@@H](CCCNC(N)=O)C(=O)Nc1cc[c]cc1. The fourth-order valence-electron chi connectivity index (χ4n) is 2.06. The number of anilines is 1. The Morgan fingerprint density at radius 1 is 1.16 bits per heavy atom. The first-order chi connectivity index (χ1) is 11.8. The van der Waals surface area contributed by atoms with Crippen LogP contribution in [-0.2, 0) is 9.59 Å². The Kier molecular flexibility index (Phi) is 8.42.